The lowest BCUT2D eigenvalue weighted by atomic mass is 10.0. The van der Waals surface area contributed by atoms with E-state index in [0.29, 0.717) is 16.8 Å². The van der Waals surface area contributed by atoms with Gasteiger partial charge in [0.05, 0.1) is 6.26 Å². The van der Waals surface area contributed by atoms with Gasteiger partial charge in [0.2, 0.25) is 5.91 Å². The molecular weight excluding hydrogens is 506 g/mol. The predicted octanol–water partition coefficient (Wildman–Crippen LogP) is 5.67. The maximum atomic E-state index is 14.0. The molecule has 0 aliphatic carbocycles. The molecule has 2 heterocycles. The zero-order valence-corrected chi connectivity index (χ0v) is 21.3. The minimum absolute atomic E-state index is 0.0201. The minimum atomic E-state index is -1.34. The number of nitrogens with zero attached hydrogens (tertiary/aromatic N) is 2. The second-order valence-corrected chi connectivity index (χ2v) is 8.94. The Morgan fingerprint density at radius 3 is 2.00 bits per heavy atom. The highest BCUT2D eigenvalue weighted by Gasteiger charge is 2.37. The second-order valence-electron chi connectivity index (χ2n) is 8.94. The van der Waals surface area contributed by atoms with E-state index in [4.69, 9.17) is 4.42 Å². The Hall–Kier alpha value is -5.50. The average Bonchev–Trinajstić information content (AvgIpc) is 3.55. The summed E-state index contributed by atoms with van der Waals surface area (Å²) in [5.74, 6) is -2.49. The number of hydrogen-bond donors (Lipinski definition) is 2. The van der Waals surface area contributed by atoms with E-state index in [0.717, 1.165) is 11.1 Å². The van der Waals surface area contributed by atoms with Crippen molar-refractivity contribution in [1.29, 1.82) is 0 Å². The fourth-order valence-corrected chi connectivity index (χ4v) is 4.46. The van der Waals surface area contributed by atoms with Crippen LogP contribution in [0.25, 0.3) is 11.1 Å². The van der Waals surface area contributed by atoms with Crippen molar-refractivity contribution in [3.63, 3.8) is 0 Å². The summed E-state index contributed by atoms with van der Waals surface area (Å²) in [6, 6.07) is 29.1. The summed E-state index contributed by atoms with van der Waals surface area (Å²) in [7, 11) is 0. The minimum Gasteiger partial charge on any atom is -0.479 e. The Bertz CT molecular complexity index is 1570. The van der Waals surface area contributed by atoms with E-state index >= 15 is 0 Å². The van der Waals surface area contributed by atoms with Crippen LogP contribution < -0.4 is 10.2 Å². The summed E-state index contributed by atoms with van der Waals surface area (Å²) in [5, 5.41) is 12.6. The van der Waals surface area contributed by atoms with Crippen molar-refractivity contribution >= 4 is 23.5 Å². The molecule has 0 spiro atoms. The molecule has 2 aromatic heterocycles. The Labute approximate surface area is 230 Å². The molecule has 0 bridgehead atoms. The van der Waals surface area contributed by atoms with Crippen LogP contribution in [0, 0.1) is 0 Å². The van der Waals surface area contributed by atoms with Crippen molar-refractivity contribution in [3.05, 3.63) is 145 Å². The first-order chi connectivity index (χ1) is 19.5. The lowest BCUT2D eigenvalue weighted by Crippen LogP contribution is -2.46. The van der Waals surface area contributed by atoms with Gasteiger partial charge in [0.15, 0.2) is 11.8 Å². The zero-order valence-electron chi connectivity index (χ0n) is 21.3. The highest BCUT2D eigenvalue weighted by atomic mass is 16.4. The van der Waals surface area contributed by atoms with Crippen molar-refractivity contribution in [2.75, 3.05) is 4.90 Å². The van der Waals surface area contributed by atoms with E-state index in [1.54, 1.807) is 66.9 Å². The lowest BCUT2D eigenvalue weighted by Gasteiger charge is -2.31. The number of carboxylic acids is 1. The molecule has 8 heteroatoms. The highest BCUT2D eigenvalue weighted by Crippen LogP contribution is 2.32. The maximum absolute atomic E-state index is 14.0. The number of carbonyl (C=O) groups excluding carboxylic acids is 2. The SMILES string of the molecule is O=C(O)[C@H](NC(=O)[C@@H](c1cccnc1)N(C(=O)c1ccco1)c1ccc(-c2ccccc2)cc1)c1ccccc1. The number of anilines is 1. The number of nitrogens with one attached hydrogen (secondary N) is 1. The Balaban J connectivity index is 1.59. The number of aliphatic carboxylic acids is 1. The molecule has 0 saturated heterocycles. The molecule has 2 atom stereocenters. The Kier molecular flexibility index (Phi) is 7.78. The molecule has 3 aromatic carbocycles. The van der Waals surface area contributed by atoms with Crippen LogP contribution in [0.15, 0.2) is 132 Å². The Morgan fingerprint density at radius 1 is 0.750 bits per heavy atom. The van der Waals surface area contributed by atoms with E-state index in [1.807, 2.05) is 42.5 Å². The third-order valence-corrected chi connectivity index (χ3v) is 6.38. The molecule has 2 N–H and O–H groups in total. The van der Waals surface area contributed by atoms with Crippen LogP contribution in [0.1, 0.15) is 33.8 Å². The number of amides is 2. The van der Waals surface area contributed by atoms with Gasteiger partial charge in [-0.2, -0.15) is 0 Å². The van der Waals surface area contributed by atoms with Gasteiger partial charge in [-0.15, -0.1) is 0 Å². The number of rotatable bonds is 9. The number of aromatic nitrogens is 1. The van der Waals surface area contributed by atoms with Gasteiger partial charge in [-0.1, -0.05) is 78.9 Å². The molecule has 5 rings (SSSR count). The molecule has 5 aromatic rings. The van der Waals surface area contributed by atoms with Crippen LogP contribution in [0.5, 0.6) is 0 Å². The van der Waals surface area contributed by atoms with Gasteiger partial charge < -0.3 is 14.8 Å². The van der Waals surface area contributed by atoms with Gasteiger partial charge in [-0.25, -0.2) is 4.79 Å². The molecule has 0 radical (unpaired) electrons. The summed E-state index contributed by atoms with van der Waals surface area (Å²) in [5.41, 5.74) is 3.11. The van der Waals surface area contributed by atoms with Crippen molar-refractivity contribution in [2.24, 2.45) is 0 Å². The largest absolute Gasteiger partial charge is 0.479 e. The number of carbonyl (C=O) groups is 3. The molecule has 8 nitrogen and oxygen atoms in total. The van der Waals surface area contributed by atoms with Crippen molar-refractivity contribution < 1.29 is 23.9 Å². The third kappa shape index (κ3) is 5.66. The van der Waals surface area contributed by atoms with Gasteiger partial charge in [0.25, 0.3) is 5.91 Å². The van der Waals surface area contributed by atoms with Crippen molar-refractivity contribution in [1.82, 2.24) is 10.3 Å². The number of carboxylic acid groups (broad SMARTS) is 1. The smallest absolute Gasteiger partial charge is 0.330 e. The molecule has 0 aliphatic heterocycles. The molecular formula is C32H25N3O5. The van der Waals surface area contributed by atoms with Crippen molar-refractivity contribution in [3.8, 4) is 11.1 Å². The van der Waals surface area contributed by atoms with Gasteiger partial charge >= 0.3 is 5.97 Å². The molecule has 2 amide bonds. The van der Waals surface area contributed by atoms with Crippen molar-refractivity contribution in [2.45, 2.75) is 12.1 Å². The first-order valence-corrected chi connectivity index (χ1v) is 12.5. The van der Waals surface area contributed by atoms with E-state index in [1.165, 1.54) is 23.4 Å². The van der Waals surface area contributed by atoms with Crippen LogP contribution in [0.4, 0.5) is 5.69 Å². The second kappa shape index (κ2) is 11.9. The van der Waals surface area contributed by atoms with Gasteiger partial charge in [0.1, 0.15) is 6.04 Å². The summed E-state index contributed by atoms with van der Waals surface area (Å²) in [6.07, 6.45) is 4.40. The molecule has 0 saturated carbocycles. The molecule has 0 fully saturated rings. The topological polar surface area (TPSA) is 113 Å². The Morgan fingerprint density at radius 2 is 1.40 bits per heavy atom. The van der Waals surface area contributed by atoms with Crippen LogP contribution >= 0.6 is 0 Å². The summed E-state index contributed by atoms with van der Waals surface area (Å²) in [6.45, 7) is 0. The van der Waals surface area contributed by atoms with Gasteiger partial charge in [-0.3, -0.25) is 19.5 Å². The van der Waals surface area contributed by atoms with Gasteiger partial charge in [-0.05, 0) is 47.0 Å². The number of pyridine rings is 1. The molecule has 0 unspecified atom stereocenters. The normalized spacial score (nSPS) is 12.2. The monoisotopic (exact) mass is 531 g/mol. The predicted molar refractivity (Wildman–Crippen MR) is 149 cm³/mol. The van der Waals surface area contributed by atoms with Crippen LogP contribution in [0.3, 0.4) is 0 Å². The van der Waals surface area contributed by atoms with Crippen LogP contribution in [0.2, 0.25) is 0 Å². The fourth-order valence-electron chi connectivity index (χ4n) is 4.46. The van der Waals surface area contributed by atoms with Gasteiger partial charge in [0, 0.05) is 23.6 Å². The van der Waals surface area contributed by atoms with Crippen LogP contribution in [-0.4, -0.2) is 27.9 Å². The summed E-state index contributed by atoms with van der Waals surface area (Å²) >= 11 is 0. The molecule has 0 aliphatic rings. The number of benzene rings is 3. The molecule has 40 heavy (non-hydrogen) atoms. The first-order valence-electron chi connectivity index (χ1n) is 12.5. The standard InChI is InChI=1S/C32H25N3O5/c36-30(34-28(32(38)39)24-11-5-2-6-12-24)29(25-13-7-19-33-21-25)35(31(37)27-14-8-20-40-27)26-17-15-23(16-18-26)22-9-3-1-4-10-22/h1-21,28-29H,(H,34,36)(H,38,39)/t28-,29-/m1/s1. The van der Waals surface area contributed by atoms with E-state index in [2.05, 4.69) is 10.3 Å². The third-order valence-electron chi connectivity index (χ3n) is 6.38. The van der Waals surface area contributed by atoms with E-state index in [9.17, 15) is 19.5 Å². The zero-order chi connectivity index (χ0) is 27.9. The summed E-state index contributed by atoms with van der Waals surface area (Å²) < 4.78 is 5.41. The average molecular weight is 532 g/mol. The quantitative estimate of drug-likeness (QED) is 0.253. The molecule has 198 valence electrons. The van der Waals surface area contributed by atoms with E-state index < -0.39 is 29.9 Å². The fraction of sp³-hybridized carbons (Fsp3) is 0.0625. The first kappa shape index (κ1) is 26.1. The highest BCUT2D eigenvalue weighted by molar-refractivity contribution is 6.09. The van der Waals surface area contributed by atoms with E-state index in [-0.39, 0.29) is 5.76 Å². The summed E-state index contributed by atoms with van der Waals surface area (Å²) in [4.78, 5) is 45.5. The number of hydrogen-bond acceptors (Lipinski definition) is 5. The maximum Gasteiger partial charge on any atom is 0.330 e. The lowest BCUT2D eigenvalue weighted by molar-refractivity contribution is -0.142. The number of furan rings is 1. The van der Waals surface area contributed by atoms with Crippen LogP contribution in [-0.2, 0) is 9.59 Å².